The summed E-state index contributed by atoms with van der Waals surface area (Å²) in [6.45, 7) is 4.17. The van der Waals surface area contributed by atoms with Gasteiger partial charge < -0.3 is 15.3 Å². The highest BCUT2D eigenvalue weighted by molar-refractivity contribution is 5.75. The average molecular weight is 235 g/mol. The van der Waals surface area contributed by atoms with Gasteiger partial charge in [0.15, 0.2) is 0 Å². The number of rotatable bonds is 7. The number of ether oxygens (including phenoxy) is 1. The molecule has 0 aromatic heterocycles. The Hall–Kier alpha value is -1.35. The fourth-order valence-electron chi connectivity index (χ4n) is 1.65. The SMILES string of the molecule is CC(=O)CCCOc1cccc(C[C@H](C)N)c1. The second-order valence-electron chi connectivity index (χ2n) is 4.48. The fraction of sp³-hybridized carbons (Fsp3) is 0.500. The molecule has 2 N–H and O–H groups in total. The number of carbonyl (C=O) groups excluding carboxylic acids is 1. The molecule has 3 nitrogen and oxygen atoms in total. The first kappa shape index (κ1) is 13.7. The number of carbonyl (C=O) groups is 1. The lowest BCUT2D eigenvalue weighted by molar-refractivity contribution is -0.117. The molecule has 0 spiro atoms. The van der Waals surface area contributed by atoms with E-state index in [1.54, 1.807) is 6.92 Å². The molecule has 0 amide bonds. The minimum absolute atomic E-state index is 0.156. The standard InChI is InChI=1S/C14H21NO2/c1-11(15)9-13-6-3-7-14(10-13)17-8-4-5-12(2)16/h3,6-7,10-11H,4-5,8-9,15H2,1-2H3/t11-/m0/s1. The van der Waals surface area contributed by atoms with Crippen LogP contribution in [0.1, 0.15) is 32.3 Å². The lowest BCUT2D eigenvalue weighted by Crippen LogP contribution is -2.17. The van der Waals surface area contributed by atoms with E-state index in [9.17, 15) is 4.79 Å². The summed E-state index contributed by atoms with van der Waals surface area (Å²) in [7, 11) is 0. The predicted octanol–water partition coefficient (Wildman–Crippen LogP) is 2.32. The molecule has 0 aliphatic heterocycles. The molecule has 0 unspecified atom stereocenters. The van der Waals surface area contributed by atoms with E-state index in [4.69, 9.17) is 10.5 Å². The van der Waals surface area contributed by atoms with Crippen molar-refractivity contribution in [3.05, 3.63) is 29.8 Å². The van der Waals surface area contributed by atoms with E-state index in [1.165, 1.54) is 5.56 Å². The van der Waals surface area contributed by atoms with Crippen LogP contribution in [0.15, 0.2) is 24.3 Å². The molecule has 3 heteroatoms. The zero-order valence-corrected chi connectivity index (χ0v) is 10.6. The van der Waals surface area contributed by atoms with E-state index < -0.39 is 0 Å². The predicted molar refractivity (Wildman–Crippen MR) is 69.2 cm³/mol. The molecule has 1 aromatic carbocycles. The van der Waals surface area contributed by atoms with Crippen molar-refractivity contribution in [2.24, 2.45) is 5.73 Å². The third kappa shape index (κ3) is 6.07. The van der Waals surface area contributed by atoms with Gasteiger partial charge in [0.1, 0.15) is 11.5 Å². The van der Waals surface area contributed by atoms with Crippen molar-refractivity contribution in [1.29, 1.82) is 0 Å². The van der Waals surface area contributed by atoms with Crippen LogP contribution < -0.4 is 10.5 Å². The van der Waals surface area contributed by atoms with Gasteiger partial charge in [-0.05, 0) is 44.4 Å². The molecular formula is C14H21NO2. The fourth-order valence-corrected chi connectivity index (χ4v) is 1.65. The quantitative estimate of drug-likeness (QED) is 0.738. The summed E-state index contributed by atoms with van der Waals surface area (Å²) in [6, 6.07) is 8.11. The van der Waals surface area contributed by atoms with Crippen LogP contribution in [0, 0.1) is 0 Å². The summed E-state index contributed by atoms with van der Waals surface area (Å²) in [5, 5.41) is 0. The molecule has 1 rings (SSSR count). The van der Waals surface area contributed by atoms with Gasteiger partial charge >= 0.3 is 0 Å². The molecule has 0 saturated heterocycles. The maximum absolute atomic E-state index is 10.8. The number of hydrogen-bond donors (Lipinski definition) is 1. The van der Waals surface area contributed by atoms with E-state index in [-0.39, 0.29) is 11.8 Å². The van der Waals surface area contributed by atoms with Crippen LogP contribution in [0.4, 0.5) is 0 Å². The monoisotopic (exact) mass is 235 g/mol. The van der Waals surface area contributed by atoms with Gasteiger partial charge in [-0.25, -0.2) is 0 Å². The van der Waals surface area contributed by atoms with Crippen molar-refractivity contribution in [3.8, 4) is 5.75 Å². The second kappa shape index (κ2) is 7.07. The van der Waals surface area contributed by atoms with Crippen LogP contribution in [0.25, 0.3) is 0 Å². The first-order valence-electron chi connectivity index (χ1n) is 6.04. The highest BCUT2D eigenvalue weighted by Gasteiger charge is 2.00. The molecular weight excluding hydrogens is 214 g/mol. The smallest absolute Gasteiger partial charge is 0.129 e. The lowest BCUT2D eigenvalue weighted by atomic mass is 10.1. The Morgan fingerprint density at radius 1 is 1.47 bits per heavy atom. The molecule has 0 fully saturated rings. The van der Waals surface area contributed by atoms with E-state index in [0.717, 1.165) is 18.6 Å². The zero-order chi connectivity index (χ0) is 12.7. The van der Waals surface area contributed by atoms with Crippen LogP contribution in [-0.4, -0.2) is 18.4 Å². The Labute approximate surface area is 103 Å². The Bertz CT molecular complexity index is 361. The van der Waals surface area contributed by atoms with Gasteiger partial charge in [0, 0.05) is 12.5 Å². The molecule has 0 bridgehead atoms. The van der Waals surface area contributed by atoms with Crippen LogP contribution >= 0.6 is 0 Å². The largest absolute Gasteiger partial charge is 0.494 e. The van der Waals surface area contributed by atoms with Gasteiger partial charge in [0.25, 0.3) is 0 Å². The van der Waals surface area contributed by atoms with Crippen LogP contribution in [-0.2, 0) is 11.2 Å². The van der Waals surface area contributed by atoms with E-state index in [2.05, 4.69) is 0 Å². The van der Waals surface area contributed by atoms with Crippen molar-refractivity contribution in [3.63, 3.8) is 0 Å². The zero-order valence-electron chi connectivity index (χ0n) is 10.6. The highest BCUT2D eigenvalue weighted by atomic mass is 16.5. The summed E-state index contributed by atoms with van der Waals surface area (Å²) in [5.41, 5.74) is 6.94. The summed E-state index contributed by atoms with van der Waals surface area (Å²) in [6.07, 6.45) is 2.21. The topological polar surface area (TPSA) is 52.3 Å². The molecule has 1 aromatic rings. The Kier molecular flexibility index (Phi) is 5.70. The first-order chi connectivity index (χ1) is 8.08. The normalized spacial score (nSPS) is 12.2. The molecule has 0 saturated carbocycles. The van der Waals surface area contributed by atoms with Crippen LogP contribution in [0.5, 0.6) is 5.75 Å². The average Bonchev–Trinajstić information content (AvgIpc) is 2.24. The van der Waals surface area contributed by atoms with Crippen molar-refractivity contribution in [2.45, 2.75) is 39.2 Å². The van der Waals surface area contributed by atoms with Crippen LogP contribution in [0.2, 0.25) is 0 Å². The van der Waals surface area contributed by atoms with Gasteiger partial charge in [0.05, 0.1) is 6.61 Å². The highest BCUT2D eigenvalue weighted by Crippen LogP contribution is 2.14. The molecule has 1 atom stereocenters. The van der Waals surface area contributed by atoms with Crippen molar-refractivity contribution in [1.82, 2.24) is 0 Å². The van der Waals surface area contributed by atoms with Crippen molar-refractivity contribution in [2.75, 3.05) is 6.61 Å². The summed E-state index contributed by atoms with van der Waals surface area (Å²) in [5.74, 6) is 1.06. The summed E-state index contributed by atoms with van der Waals surface area (Å²) >= 11 is 0. The first-order valence-corrected chi connectivity index (χ1v) is 6.04. The molecule has 0 heterocycles. The van der Waals surface area contributed by atoms with E-state index in [1.807, 2.05) is 31.2 Å². The van der Waals surface area contributed by atoms with Crippen molar-refractivity contribution >= 4 is 5.78 Å². The molecule has 0 radical (unpaired) electrons. The Balaban J connectivity index is 2.40. The number of benzene rings is 1. The van der Waals surface area contributed by atoms with Gasteiger partial charge in [0.2, 0.25) is 0 Å². The second-order valence-corrected chi connectivity index (χ2v) is 4.48. The number of nitrogens with two attached hydrogens (primary N) is 1. The summed E-state index contributed by atoms with van der Waals surface area (Å²) < 4.78 is 5.59. The maximum atomic E-state index is 10.8. The number of Topliss-reactive ketones (excluding diaryl/α,β-unsaturated/α-hetero) is 1. The van der Waals surface area contributed by atoms with Crippen LogP contribution in [0.3, 0.4) is 0 Å². The molecule has 0 aliphatic rings. The lowest BCUT2D eigenvalue weighted by Gasteiger charge is -2.09. The third-order valence-corrected chi connectivity index (χ3v) is 2.40. The van der Waals surface area contributed by atoms with E-state index in [0.29, 0.717) is 13.0 Å². The summed E-state index contributed by atoms with van der Waals surface area (Å²) in [4.78, 5) is 10.8. The third-order valence-electron chi connectivity index (χ3n) is 2.40. The molecule has 94 valence electrons. The van der Waals surface area contributed by atoms with Gasteiger partial charge in [-0.15, -0.1) is 0 Å². The molecule has 17 heavy (non-hydrogen) atoms. The van der Waals surface area contributed by atoms with E-state index >= 15 is 0 Å². The number of ketones is 1. The van der Waals surface area contributed by atoms with Gasteiger partial charge in [-0.3, -0.25) is 0 Å². The maximum Gasteiger partial charge on any atom is 0.129 e. The van der Waals surface area contributed by atoms with Gasteiger partial charge in [-0.2, -0.15) is 0 Å². The Morgan fingerprint density at radius 2 is 2.24 bits per heavy atom. The Morgan fingerprint density at radius 3 is 2.88 bits per heavy atom. The minimum atomic E-state index is 0.156. The number of hydrogen-bond acceptors (Lipinski definition) is 3. The van der Waals surface area contributed by atoms with Gasteiger partial charge in [-0.1, -0.05) is 12.1 Å². The van der Waals surface area contributed by atoms with Crippen molar-refractivity contribution < 1.29 is 9.53 Å². The minimum Gasteiger partial charge on any atom is -0.494 e. The molecule has 0 aliphatic carbocycles.